The topological polar surface area (TPSA) is 88.4 Å². The number of carbonyl (C=O) groups is 1. The first-order chi connectivity index (χ1) is 11.0. The number of hydrogen-bond donors (Lipinski definition) is 3. The van der Waals surface area contributed by atoms with Crippen LogP contribution in [0.1, 0.15) is 31.6 Å². The molecule has 1 heterocycles. The van der Waals surface area contributed by atoms with Crippen LogP contribution < -0.4 is 15.4 Å². The van der Waals surface area contributed by atoms with Crippen molar-refractivity contribution >= 4 is 11.8 Å². The van der Waals surface area contributed by atoms with Crippen LogP contribution in [-0.2, 0) is 0 Å². The number of hydrogen-bond acceptors (Lipinski definition) is 4. The first-order valence-electron chi connectivity index (χ1n) is 7.41. The van der Waals surface area contributed by atoms with Crippen LogP contribution >= 0.6 is 0 Å². The predicted octanol–water partition coefficient (Wildman–Crippen LogP) is 2.33. The number of aromatic nitrogens is 2. The minimum absolute atomic E-state index is 0.105. The van der Waals surface area contributed by atoms with Crippen molar-refractivity contribution in [3.05, 3.63) is 42.1 Å². The molecule has 0 aliphatic heterocycles. The zero-order chi connectivity index (χ0) is 16.8. The summed E-state index contributed by atoms with van der Waals surface area (Å²) in [6, 6.07) is 8.53. The van der Waals surface area contributed by atoms with Gasteiger partial charge in [0.05, 0.1) is 19.4 Å². The molecule has 124 valence electrons. The molecule has 7 nitrogen and oxygen atoms in total. The maximum absolute atomic E-state index is 11.9. The van der Waals surface area contributed by atoms with E-state index >= 15 is 0 Å². The van der Waals surface area contributed by atoms with Gasteiger partial charge in [-0.15, -0.1) is 0 Å². The van der Waals surface area contributed by atoms with Crippen molar-refractivity contribution in [2.45, 2.75) is 26.0 Å². The number of nitrogens with one attached hydrogen (secondary N) is 2. The van der Waals surface area contributed by atoms with Gasteiger partial charge in [0.1, 0.15) is 11.6 Å². The number of urea groups is 1. The Morgan fingerprint density at radius 2 is 2.00 bits per heavy atom. The summed E-state index contributed by atoms with van der Waals surface area (Å²) in [6.07, 6.45) is 0.837. The molecule has 1 atom stereocenters. The third-order valence-corrected chi connectivity index (χ3v) is 3.36. The predicted molar refractivity (Wildman–Crippen MR) is 87.6 cm³/mol. The average Bonchev–Trinajstić information content (AvgIpc) is 3.01. The zero-order valence-corrected chi connectivity index (χ0v) is 13.5. The van der Waals surface area contributed by atoms with E-state index < -0.39 is 6.10 Å². The number of amides is 2. The highest BCUT2D eigenvalue weighted by atomic mass is 16.5. The number of anilines is 1. The van der Waals surface area contributed by atoms with Crippen LogP contribution in [0.3, 0.4) is 0 Å². The molecule has 1 unspecified atom stereocenters. The van der Waals surface area contributed by atoms with Crippen molar-refractivity contribution in [1.82, 2.24) is 15.1 Å². The van der Waals surface area contributed by atoms with Crippen LogP contribution in [0.2, 0.25) is 0 Å². The molecule has 0 fully saturated rings. The van der Waals surface area contributed by atoms with Gasteiger partial charge in [0, 0.05) is 18.7 Å². The van der Waals surface area contributed by atoms with Crippen LogP contribution in [0.25, 0.3) is 0 Å². The number of aliphatic hydroxyl groups is 1. The average molecular weight is 318 g/mol. The van der Waals surface area contributed by atoms with E-state index in [0.29, 0.717) is 17.1 Å². The number of carbonyl (C=O) groups excluding carboxylic acids is 1. The van der Waals surface area contributed by atoms with E-state index in [1.165, 1.54) is 0 Å². The minimum atomic E-state index is -0.790. The van der Waals surface area contributed by atoms with Crippen molar-refractivity contribution < 1.29 is 14.6 Å². The fourth-order valence-electron chi connectivity index (χ4n) is 2.12. The number of ether oxygens (including phenoxy) is 1. The number of rotatable bonds is 6. The molecule has 0 aliphatic carbocycles. The smallest absolute Gasteiger partial charge is 0.320 e. The second-order valence-electron chi connectivity index (χ2n) is 5.38. The van der Waals surface area contributed by atoms with Gasteiger partial charge in [-0.25, -0.2) is 9.48 Å². The fraction of sp³-hybridized carbons (Fsp3) is 0.375. The molecule has 0 spiro atoms. The summed E-state index contributed by atoms with van der Waals surface area (Å²) in [6.45, 7) is 4.06. The van der Waals surface area contributed by atoms with Crippen LogP contribution in [0.15, 0.2) is 36.5 Å². The Kier molecular flexibility index (Phi) is 5.59. The lowest BCUT2D eigenvalue weighted by Gasteiger charge is -2.15. The number of aliphatic hydroxyl groups excluding tert-OH is 1. The van der Waals surface area contributed by atoms with Gasteiger partial charge >= 0.3 is 6.03 Å². The van der Waals surface area contributed by atoms with E-state index in [1.807, 2.05) is 13.8 Å². The summed E-state index contributed by atoms with van der Waals surface area (Å²) in [5.74, 6) is 1.32. The summed E-state index contributed by atoms with van der Waals surface area (Å²) in [5, 5.41) is 19.6. The highest BCUT2D eigenvalue weighted by Gasteiger charge is 2.12. The first-order valence-corrected chi connectivity index (χ1v) is 7.41. The Morgan fingerprint density at radius 3 is 2.61 bits per heavy atom. The van der Waals surface area contributed by atoms with Crippen molar-refractivity contribution in [2.75, 3.05) is 19.0 Å². The van der Waals surface area contributed by atoms with E-state index in [-0.39, 0.29) is 18.6 Å². The summed E-state index contributed by atoms with van der Waals surface area (Å²) < 4.78 is 6.77. The first kappa shape index (κ1) is 16.8. The standard InChI is InChI=1S/C16H22N4O3/c1-11(2)20-15(8-9-18-20)19-16(22)17-10-14(21)12-4-6-13(23-3)7-5-12/h4-9,11,14,21H,10H2,1-3H3,(H2,17,19,22). The maximum atomic E-state index is 11.9. The number of nitrogens with zero attached hydrogens (tertiary/aromatic N) is 2. The molecular formula is C16H22N4O3. The number of benzene rings is 1. The molecule has 0 radical (unpaired) electrons. The summed E-state index contributed by atoms with van der Waals surface area (Å²) in [4.78, 5) is 11.9. The second-order valence-corrected chi connectivity index (χ2v) is 5.38. The molecule has 2 aromatic rings. The quantitative estimate of drug-likeness (QED) is 0.762. The van der Waals surface area contributed by atoms with Gasteiger partial charge in [-0.1, -0.05) is 12.1 Å². The molecule has 7 heteroatoms. The van der Waals surface area contributed by atoms with Gasteiger partial charge < -0.3 is 15.2 Å². The highest BCUT2D eigenvalue weighted by Crippen LogP contribution is 2.17. The van der Waals surface area contributed by atoms with E-state index in [0.717, 1.165) is 0 Å². The summed E-state index contributed by atoms with van der Waals surface area (Å²) in [7, 11) is 1.58. The molecule has 0 saturated heterocycles. The van der Waals surface area contributed by atoms with Crippen molar-refractivity contribution in [3.8, 4) is 5.75 Å². The third kappa shape index (κ3) is 4.46. The van der Waals surface area contributed by atoms with E-state index in [4.69, 9.17) is 4.74 Å². The third-order valence-electron chi connectivity index (χ3n) is 3.36. The van der Waals surface area contributed by atoms with Gasteiger partial charge in [0.15, 0.2) is 0 Å². The van der Waals surface area contributed by atoms with Crippen LogP contribution in [0.5, 0.6) is 5.75 Å². The van der Waals surface area contributed by atoms with E-state index in [9.17, 15) is 9.90 Å². The molecule has 2 amide bonds. The molecule has 0 aliphatic rings. The Morgan fingerprint density at radius 1 is 1.30 bits per heavy atom. The largest absolute Gasteiger partial charge is 0.497 e. The minimum Gasteiger partial charge on any atom is -0.497 e. The van der Waals surface area contributed by atoms with Gasteiger partial charge in [0.25, 0.3) is 0 Å². The molecule has 3 N–H and O–H groups in total. The monoisotopic (exact) mass is 318 g/mol. The molecule has 0 saturated carbocycles. The molecular weight excluding hydrogens is 296 g/mol. The normalized spacial score (nSPS) is 12.0. The maximum Gasteiger partial charge on any atom is 0.320 e. The second kappa shape index (κ2) is 7.64. The van der Waals surface area contributed by atoms with Gasteiger partial charge in [0.2, 0.25) is 0 Å². The molecule has 1 aromatic carbocycles. The highest BCUT2D eigenvalue weighted by molar-refractivity contribution is 5.88. The summed E-state index contributed by atoms with van der Waals surface area (Å²) >= 11 is 0. The van der Waals surface area contributed by atoms with Crippen LogP contribution in [0.4, 0.5) is 10.6 Å². The Hall–Kier alpha value is -2.54. The van der Waals surface area contributed by atoms with Crippen LogP contribution in [0, 0.1) is 0 Å². The van der Waals surface area contributed by atoms with Crippen molar-refractivity contribution in [3.63, 3.8) is 0 Å². The molecule has 1 aromatic heterocycles. The van der Waals surface area contributed by atoms with Crippen LogP contribution in [-0.4, -0.2) is 34.6 Å². The van der Waals surface area contributed by atoms with Gasteiger partial charge in [-0.2, -0.15) is 5.10 Å². The van der Waals surface area contributed by atoms with E-state index in [1.54, 1.807) is 48.3 Å². The fourth-order valence-corrected chi connectivity index (χ4v) is 2.12. The van der Waals surface area contributed by atoms with Crippen molar-refractivity contribution in [2.24, 2.45) is 0 Å². The Bertz CT molecular complexity index is 637. The lowest BCUT2D eigenvalue weighted by Crippen LogP contribution is -2.33. The molecule has 23 heavy (non-hydrogen) atoms. The Labute approximate surface area is 135 Å². The lowest BCUT2D eigenvalue weighted by atomic mass is 10.1. The molecule has 2 rings (SSSR count). The van der Waals surface area contributed by atoms with Crippen molar-refractivity contribution in [1.29, 1.82) is 0 Å². The van der Waals surface area contributed by atoms with Gasteiger partial charge in [-0.05, 0) is 31.5 Å². The SMILES string of the molecule is COc1ccc(C(O)CNC(=O)Nc2ccnn2C(C)C)cc1. The summed E-state index contributed by atoms with van der Waals surface area (Å²) in [5.41, 5.74) is 0.707. The molecule has 0 bridgehead atoms. The van der Waals surface area contributed by atoms with Gasteiger partial charge in [-0.3, -0.25) is 5.32 Å². The Balaban J connectivity index is 1.86. The van der Waals surface area contributed by atoms with E-state index in [2.05, 4.69) is 15.7 Å². The lowest BCUT2D eigenvalue weighted by molar-refractivity contribution is 0.175. The number of methoxy groups -OCH3 is 1. The zero-order valence-electron chi connectivity index (χ0n) is 13.5.